The molecule has 0 aliphatic carbocycles. The molecule has 0 unspecified atom stereocenters. The second-order valence-electron chi connectivity index (χ2n) is 4.72. The summed E-state index contributed by atoms with van der Waals surface area (Å²) >= 11 is 0. The summed E-state index contributed by atoms with van der Waals surface area (Å²) in [6.07, 6.45) is 1.43. The van der Waals surface area contributed by atoms with Crippen molar-refractivity contribution in [1.29, 1.82) is 0 Å². The number of para-hydroxylation sites is 1. The molecule has 0 aliphatic rings. The Balaban J connectivity index is 1.98. The average Bonchev–Trinajstić information content (AvgIpc) is 2.41. The van der Waals surface area contributed by atoms with E-state index in [0.717, 1.165) is 18.7 Å². The first-order chi connectivity index (χ1) is 9.18. The number of benzene rings is 1. The Labute approximate surface area is 115 Å². The molecule has 0 aliphatic heterocycles. The molecular formula is C15H24N2O2. The van der Waals surface area contributed by atoms with Crippen molar-refractivity contribution in [2.24, 2.45) is 0 Å². The van der Waals surface area contributed by atoms with E-state index >= 15 is 0 Å². The van der Waals surface area contributed by atoms with Gasteiger partial charge in [0, 0.05) is 12.5 Å². The zero-order valence-electron chi connectivity index (χ0n) is 11.8. The zero-order valence-corrected chi connectivity index (χ0v) is 11.8. The van der Waals surface area contributed by atoms with Gasteiger partial charge >= 0.3 is 0 Å². The number of ether oxygens (including phenoxy) is 1. The molecule has 0 bridgehead atoms. The molecule has 1 rings (SSSR count). The van der Waals surface area contributed by atoms with Gasteiger partial charge in [-0.25, -0.2) is 0 Å². The molecule has 0 radical (unpaired) electrons. The summed E-state index contributed by atoms with van der Waals surface area (Å²) in [5, 5.41) is 6.13. The Morgan fingerprint density at radius 1 is 1.21 bits per heavy atom. The lowest BCUT2D eigenvalue weighted by Gasteiger charge is -2.09. The number of carbonyl (C=O) groups excluding carboxylic acids is 1. The van der Waals surface area contributed by atoms with Gasteiger partial charge in [0.2, 0.25) is 5.91 Å². The molecule has 1 aromatic rings. The summed E-state index contributed by atoms with van der Waals surface area (Å²) in [6.45, 7) is 6.12. The molecule has 0 saturated carbocycles. The molecule has 0 spiro atoms. The van der Waals surface area contributed by atoms with Gasteiger partial charge in [0.15, 0.2) is 0 Å². The first-order valence-electron chi connectivity index (χ1n) is 6.86. The Morgan fingerprint density at radius 3 is 2.63 bits per heavy atom. The average molecular weight is 264 g/mol. The fraction of sp³-hybridized carbons (Fsp3) is 0.533. The molecule has 1 amide bonds. The summed E-state index contributed by atoms with van der Waals surface area (Å²) < 4.78 is 5.49. The molecule has 4 heteroatoms. The number of hydrogen-bond acceptors (Lipinski definition) is 3. The zero-order chi connectivity index (χ0) is 13.9. The van der Waals surface area contributed by atoms with Gasteiger partial charge in [-0.15, -0.1) is 0 Å². The highest BCUT2D eigenvalue weighted by Crippen LogP contribution is 2.07. The molecule has 0 atom stereocenters. The van der Waals surface area contributed by atoms with Gasteiger partial charge in [-0.2, -0.15) is 0 Å². The molecule has 19 heavy (non-hydrogen) atoms. The third kappa shape index (κ3) is 8.21. The van der Waals surface area contributed by atoms with Gasteiger partial charge in [0.1, 0.15) is 12.4 Å². The summed E-state index contributed by atoms with van der Waals surface area (Å²) in [5.41, 5.74) is 0. The number of nitrogens with one attached hydrogen (secondary N) is 2. The quantitative estimate of drug-likeness (QED) is 0.670. The fourth-order valence-electron chi connectivity index (χ4n) is 1.60. The van der Waals surface area contributed by atoms with Crippen LogP contribution in [0.2, 0.25) is 0 Å². The minimum Gasteiger partial charge on any atom is -0.492 e. The predicted octanol–water partition coefficient (Wildman–Crippen LogP) is 1.96. The largest absolute Gasteiger partial charge is 0.492 e. The Kier molecular flexibility index (Phi) is 7.66. The van der Waals surface area contributed by atoms with E-state index in [0.29, 0.717) is 25.6 Å². The second kappa shape index (κ2) is 9.39. The molecule has 0 fully saturated rings. The molecule has 0 saturated heterocycles. The highest BCUT2D eigenvalue weighted by Gasteiger charge is 2.01. The highest BCUT2D eigenvalue weighted by atomic mass is 16.5. The normalized spacial score (nSPS) is 10.5. The van der Waals surface area contributed by atoms with Crippen molar-refractivity contribution < 1.29 is 9.53 Å². The standard InChI is InChI=1S/C15H24N2O2/c1-13(2)16-10-6-9-15(18)17-11-12-19-14-7-4-3-5-8-14/h3-5,7-8,13,16H,6,9-12H2,1-2H3,(H,17,18). The number of rotatable bonds is 9. The number of amides is 1. The van der Waals surface area contributed by atoms with Crippen LogP contribution in [0, 0.1) is 0 Å². The van der Waals surface area contributed by atoms with Crippen molar-refractivity contribution in [1.82, 2.24) is 10.6 Å². The van der Waals surface area contributed by atoms with Crippen LogP contribution in [0.5, 0.6) is 5.75 Å². The Bertz CT molecular complexity index is 352. The van der Waals surface area contributed by atoms with Gasteiger partial charge < -0.3 is 15.4 Å². The van der Waals surface area contributed by atoms with E-state index in [1.807, 2.05) is 30.3 Å². The van der Waals surface area contributed by atoms with E-state index in [1.54, 1.807) is 0 Å². The number of carbonyl (C=O) groups is 1. The lowest BCUT2D eigenvalue weighted by atomic mass is 10.2. The molecule has 0 aromatic heterocycles. The van der Waals surface area contributed by atoms with Crippen LogP contribution in [0.3, 0.4) is 0 Å². The topological polar surface area (TPSA) is 50.4 Å². The van der Waals surface area contributed by atoms with Crippen LogP contribution in [-0.4, -0.2) is 31.6 Å². The van der Waals surface area contributed by atoms with E-state index in [2.05, 4.69) is 24.5 Å². The molecular weight excluding hydrogens is 240 g/mol. The van der Waals surface area contributed by atoms with Crippen LogP contribution >= 0.6 is 0 Å². The third-order valence-corrected chi connectivity index (χ3v) is 2.57. The van der Waals surface area contributed by atoms with Gasteiger partial charge in [-0.1, -0.05) is 32.0 Å². The minimum absolute atomic E-state index is 0.0854. The summed E-state index contributed by atoms with van der Waals surface area (Å²) in [4.78, 5) is 11.5. The molecule has 2 N–H and O–H groups in total. The van der Waals surface area contributed by atoms with E-state index < -0.39 is 0 Å². The van der Waals surface area contributed by atoms with E-state index in [4.69, 9.17) is 4.74 Å². The lowest BCUT2D eigenvalue weighted by Crippen LogP contribution is -2.29. The summed E-state index contributed by atoms with van der Waals surface area (Å²) in [7, 11) is 0. The van der Waals surface area contributed by atoms with E-state index in [1.165, 1.54) is 0 Å². The van der Waals surface area contributed by atoms with E-state index in [-0.39, 0.29) is 5.91 Å². The first-order valence-corrected chi connectivity index (χ1v) is 6.86. The number of hydrogen-bond donors (Lipinski definition) is 2. The van der Waals surface area contributed by atoms with Gasteiger partial charge in [0.05, 0.1) is 6.54 Å². The fourth-order valence-corrected chi connectivity index (χ4v) is 1.60. The Hall–Kier alpha value is -1.55. The maximum Gasteiger partial charge on any atom is 0.220 e. The van der Waals surface area contributed by atoms with Crippen molar-refractivity contribution in [3.63, 3.8) is 0 Å². The van der Waals surface area contributed by atoms with Crippen LogP contribution in [0.1, 0.15) is 26.7 Å². The van der Waals surface area contributed by atoms with Crippen molar-refractivity contribution >= 4 is 5.91 Å². The van der Waals surface area contributed by atoms with Crippen molar-refractivity contribution in [2.45, 2.75) is 32.7 Å². The van der Waals surface area contributed by atoms with Crippen LogP contribution in [-0.2, 0) is 4.79 Å². The van der Waals surface area contributed by atoms with E-state index in [9.17, 15) is 4.79 Å². The molecule has 0 heterocycles. The summed E-state index contributed by atoms with van der Waals surface area (Å²) in [5.74, 6) is 0.917. The van der Waals surface area contributed by atoms with Crippen LogP contribution in [0.25, 0.3) is 0 Å². The summed E-state index contributed by atoms with van der Waals surface area (Å²) in [6, 6.07) is 10.1. The van der Waals surface area contributed by atoms with Crippen LogP contribution < -0.4 is 15.4 Å². The van der Waals surface area contributed by atoms with Gasteiger partial charge in [-0.3, -0.25) is 4.79 Å². The monoisotopic (exact) mass is 264 g/mol. The maximum atomic E-state index is 11.5. The van der Waals surface area contributed by atoms with Gasteiger partial charge in [-0.05, 0) is 25.1 Å². The van der Waals surface area contributed by atoms with Crippen LogP contribution in [0.15, 0.2) is 30.3 Å². The predicted molar refractivity (Wildman–Crippen MR) is 77.3 cm³/mol. The lowest BCUT2D eigenvalue weighted by molar-refractivity contribution is -0.121. The molecule has 4 nitrogen and oxygen atoms in total. The van der Waals surface area contributed by atoms with Crippen molar-refractivity contribution in [3.8, 4) is 5.75 Å². The SMILES string of the molecule is CC(C)NCCCC(=O)NCCOc1ccccc1. The molecule has 106 valence electrons. The van der Waals surface area contributed by atoms with Crippen molar-refractivity contribution in [2.75, 3.05) is 19.7 Å². The minimum atomic E-state index is 0.0854. The maximum absolute atomic E-state index is 11.5. The Morgan fingerprint density at radius 2 is 1.95 bits per heavy atom. The van der Waals surface area contributed by atoms with Gasteiger partial charge in [0.25, 0.3) is 0 Å². The smallest absolute Gasteiger partial charge is 0.220 e. The van der Waals surface area contributed by atoms with Crippen molar-refractivity contribution in [3.05, 3.63) is 30.3 Å². The molecule has 1 aromatic carbocycles. The van der Waals surface area contributed by atoms with Crippen LogP contribution in [0.4, 0.5) is 0 Å². The highest BCUT2D eigenvalue weighted by molar-refractivity contribution is 5.75. The first kappa shape index (κ1) is 15.5. The third-order valence-electron chi connectivity index (χ3n) is 2.57. The second-order valence-corrected chi connectivity index (χ2v) is 4.72.